The molecule has 7 heteroatoms. The number of carbonyl (C=O) groups excluding carboxylic acids is 1. The average molecular weight is 444 g/mol. The van der Waals surface area contributed by atoms with Crippen molar-refractivity contribution in [1.29, 1.82) is 5.26 Å². The lowest BCUT2D eigenvalue weighted by atomic mass is 9.69. The Balaban J connectivity index is 1.74. The topological polar surface area (TPSA) is 64.3 Å². The van der Waals surface area contributed by atoms with Gasteiger partial charge in [0.05, 0.1) is 11.5 Å². The molecule has 0 spiro atoms. The predicted octanol–water partition coefficient (Wildman–Crippen LogP) is 5.32. The number of hydrogen-bond donors (Lipinski definition) is 1. The van der Waals surface area contributed by atoms with E-state index in [4.69, 9.17) is 0 Å². The molecule has 32 heavy (non-hydrogen) atoms. The fourth-order valence-corrected chi connectivity index (χ4v) is 4.46. The molecule has 0 radical (unpaired) electrons. The number of carbonyl (C=O) groups is 1. The molecule has 1 amide bonds. The summed E-state index contributed by atoms with van der Waals surface area (Å²) in [7, 11) is 0. The number of rotatable bonds is 5. The molecule has 0 aromatic heterocycles. The van der Waals surface area contributed by atoms with Crippen molar-refractivity contribution in [3.8, 4) is 6.07 Å². The van der Waals surface area contributed by atoms with Gasteiger partial charge in [0.15, 0.2) is 5.60 Å². The highest BCUT2D eigenvalue weighted by Gasteiger charge is 2.51. The fourth-order valence-electron chi connectivity index (χ4n) is 4.46. The Morgan fingerprint density at radius 1 is 1.12 bits per heavy atom. The van der Waals surface area contributed by atoms with Crippen LogP contribution in [0.5, 0.6) is 0 Å². The van der Waals surface area contributed by atoms with Gasteiger partial charge in [-0.2, -0.15) is 18.4 Å². The third kappa shape index (κ3) is 4.37. The Morgan fingerprint density at radius 2 is 1.69 bits per heavy atom. The monoisotopic (exact) mass is 444 g/mol. The molecule has 0 heterocycles. The third-order valence-corrected chi connectivity index (χ3v) is 6.64. The summed E-state index contributed by atoms with van der Waals surface area (Å²) in [6.45, 7) is 3.01. The van der Waals surface area contributed by atoms with Gasteiger partial charge in [0.2, 0.25) is 0 Å². The SMILES string of the molecule is CCN(C(=O)c1ccc([C@](C)(O)C(F)(F)F)cc1)[C@H]1CC[C@](C#N)(c2ccccc2)CC1. The van der Waals surface area contributed by atoms with Crippen molar-refractivity contribution < 1.29 is 23.1 Å². The zero-order valence-electron chi connectivity index (χ0n) is 18.2. The van der Waals surface area contributed by atoms with Gasteiger partial charge in [0, 0.05) is 18.2 Å². The van der Waals surface area contributed by atoms with Crippen LogP contribution in [-0.4, -0.2) is 34.7 Å². The molecule has 3 rings (SSSR count). The van der Waals surface area contributed by atoms with Crippen molar-refractivity contribution in [2.24, 2.45) is 0 Å². The number of alkyl halides is 3. The van der Waals surface area contributed by atoms with Crippen LogP contribution >= 0.6 is 0 Å². The first-order valence-corrected chi connectivity index (χ1v) is 10.7. The molecule has 2 aromatic rings. The van der Waals surface area contributed by atoms with E-state index in [1.165, 1.54) is 12.1 Å². The van der Waals surface area contributed by atoms with E-state index in [9.17, 15) is 28.3 Å². The van der Waals surface area contributed by atoms with Gasteiger partial charge in [-0.3, -0.25) is 4.79 Å². The van der Waals surface area contributed by atoms with E-state index in [2.05, 4.69) is 6.07 Å². The highest BCUT2D eigenvalue weighted by molar-refractivity contribution is 5.94. The van der Waals surface area contributed by atoms with Crippen LogP contribution in [0.4, 0.5) is 13.2 Å². The zero-order chi connectivity index (χ0) is 23.6. The summed E-state index contributed by atoms with van der Waals surface area (Å²) in [5.74, 6) is -0.264. The lowest BCUT2D eigenvalue weighted by molar-refractivity contribution is -0.258. The molecule has 1 aliphatic rings. The van der Waals surface area contributed by atoms with E-state index < -0.39 is 17.2 Å². The molecular weight excluding hydrogens is 417 g/mol. The minimum atomic E-state index is -4.82. The Hall–Kier alpha value is -2.85. The molecule has 4 nitrogen and oxygen atoms in total. The van der Waals surface area contributed by atoms with Gasteiger partial charge >= 0.3 is 6.18 Å². The number of halogens is 3. The summed E-state index contributed by atoms with van der Waals surface area (Å²) in [4.78, 5) is 14.8. The molecule has 1 fully saturated rings. The molecule has 0 aliphatic heterocycles. The number of benzene rings is 2. The molecule has 1 atom stereocenters. The summed E-state index contributed by atoms with van der Waals surface area (Å²) in [6, 6.07) is 17.1. The quantitative estimate of drug-likeness (QED) is 0.679. The Labute approximate surface area is 186 Å². The zero-order valence-corrected chi connectivity index (χ0v) is 18.2. The van der Waals surface area contributed by atoms with Crippen molar-refractivity contribution in [3.05, 3.63) is 71.3 Å². The van der Waals surface area contributed by atoms with Crippen LogP contribution in [0.25, 0.3) is 0 Å². The standard InChI is InChI=1S/C25H27F3N2O2/c1-3-30(21-13-15-24(17-29,16-14-21)20-7-5-4-6-8-20)22(31)18-9-11-19(12-10-18)23(2,32)25(26,27)28/h4-12,21,32H,3,13-16H2,1-2H3/t21-,23-,24-/m0/s1. The van der Waals surface area contributed by atoms with E-state index in [0.29, 0.717) is 39.2 Å². The molecule has 1 aliphatic carbocycles. The highest BCUT2D eigenvalue weighted by Crippen LogP contribution is 2.41. The van der Waals surface area contributed by atoms with E-state index in [1.54, 1.807) is 4.90 Å². The maximum absolute atomic E-state index is 13.1. The predicted molar refractivity (Wildman–Crippen MR) is 115 cm³/mol. The number of nitriles is 1. The van der Waals surface area contributed by atoms with Crippen molar-refractivity contribution in [2.45, 2.75) is 62.8 Å². The number of amides is 1. The largest absolute Gasteiger partial charge is 0.421 e. The van der Waals surface area contributed by atoms with Crippen molar-refractivity contribution in [3.63, 3.8) is 0 Å². The second-order valence-corrected chi connectivity index (χ2v) is 8.53. The summed E-state index contributed by atoms with van der Waals surface area (Å²) in [6.07, 6.45) is -2.21. The Morgan fingerprint density at radius 3 is 2.16 bits per heavy atom. The smallest absolute Gasteiger partial charge is 0.376 e. The summed E-state index contributed by atoms with van der Waals surface area (Å²) >= 11 is 0. The van der Waals surface area contributed by atoms with E-state index in [0.717, 1.165) is 17.7 Å². The number of nitrogens with zero attached hydrogens (tertiary/aromatic N) is 2. The summed E-state index contributed by atoms with van der Waals surface area (Å²) in [5.41, 5.74) is -2.61. The molecule has 1 saturated carbocycles. The summed E-state index contributed by atoms with van der Waals surface area (Å²) < 4.78 is 39.2. The molecular formula is C25H27F3N2O2. The van der Waals surface area contributed by atoms with Gasteiger partial charge < -0.3 is 10.0 Å². The van der Waals surface area contributed by atoms with Crippen LogP contribution in [0, 0.1) is 11.3 Å². The van der Waals surface area contributed by atoms with Crippen LogP contribution in [0.1, 0.15) is 61.0 Å². The van der Waals surface area contributed by atoms with E-state index in [1.807, 2.05) is 37.3 Å². The second kappa shape index (κ2) is 8.95. The van der Waals surface area contributed by atoms with Gasteiger partial charge in [-0.25, -0.2) is 0 Å². The summed E-state index contributed by atoms with van der Waals surface area (Å²) in [5, 5.41) is 19.7. The minimum absolute atomic E-state index is 0.0457. The first kappa shape index (κ1) is 23.8. The second-order valence-electron chi connectivity index (χ2n) is 8.53. The maximum Gasteiger partial charge on any atom is 0.421 e. The minimum Gasteiger partial charge on any atom is -0.376 e. The Kier molecular flexibility index (Phi) is 6.66. The number of aliphatic hydroxyl groups is 1. The average Bonchev–Trinajstić information content (AvgIpc) is 2.80. The van der Waals surface area contributed by atoms with Crippen LogP contribution in [0.3, 0.4) is 0 Å². The molecule has 0 unspecified atom stereocenters. The van der Waals surface area contributed by atoms with E-state index in [-0.39, 0.29) is 23.1 Å². The molecule has 1 N–H and O–H groups in total. The van der Waals surface area contributed by atoms with Gasteiger partial charge in [-0.1, -0.05) is 42.5 Å². The lowest BCUT2D eigenvalue weighted by Gasteiger charge is -2.40. The van der Waals surface area contributed by atoms with Crippen molar-refractivity contribution in [1.82, 2.24) is 4.90 Å². The van der Waals surface area contributed by atoms with Gasteiger partial charge in [0.1, 0.15) is 0 Å². The van der Waals surface area contributed by atoms with Gasteiger partial charge in [-0.05, 0) is 62.8 Å². The maximum atomic E-state index is 13.1. The normalized spacial score (nSPS) is 23.1. The van der Waals surface area contributed by atoms with Gasteiger partial charge in [0.25, 0.3) is 5.91 Å². The fraction of sp³-hybridized carbons (Fsp3) is 0.440. The van der Waals surface area contributed by atoms with E-state index >= 15 is 0 Å². The highest BCUT2D eigenvalue weighted by atomic mass is 19.4. The molecule has 0 saturated heterocycles. The molecule has 0 bridgehead atoms. The van der Waals surface area contributed by atoms with Crippen LogP contribution in [-0.2, 0) is 11.0 Å². The Bertz CT molecular complexity index is 971. The number of hydrogen-bond acceptors (Lipinski definition) is 3. The van der Waals surface area contributed by atoms with Crippen LogP contribution in [0.2, 0.25) is 0 Å². The first-order chi connectivity index (χ1) is 15.1. The van der Waals surface area contributed by atoms with Crippen molar-refractivity contribution in [2.75, 3.05) is 6.54 Å². The molecule has 170 valence electrons. The van der Waals surface area contributed by atoms with Crippen molar-refractivity contribution >= 4 is 5.91 Å². The van der Waals surface area contributed by atoms with Crippen LogP contribution in [0.15, 0.2) is 54.6 Å². The first-order valence-electron chi connectivity index (χ1n) is 10.7. The lowest BCUT2D eigenvalue weighted by Crippen LogP contribution is -2.45. The van der Waals surface area contributed by atoms with Crippen LogP contribution < -0.4 is 0 Å². The van der Waals surface area contributed by atoms with Gasteiger partial charge in [-0.15, -0.1) is 0 Å². The molecule has 2 aromatic carbocycles. The third-order valence-electron chi connectivity index (χ3n) is 6.64.